The molecule has 5 heterocycles. The molecule has 0 bridgehead atoms. The van der Waals surface area contributed by atoms with Crippen LogP contribution in [0.15, 0.2) is 49.3 Å². The second-order valence-corrected chi connectivity index (χ2v) is 7.39. The number of pyridine rings is 1. The number of hydrogen-bond donors (Lipinski definition) is 1. The molecule has 4 aromatic rings. The van der Waals surface area contributed by atoms with Gasteiger partial charge < -0.3 is 10.2 Å². The Hall–Kier alpha value is -3.42. The van der Waals surface area contributed by atoms with Crippen molar-refractivity contribution in [3.8, 4) is 11.3 Å². The van der Waals surface area contributed by atoms with Crippen LogP contribution in [-0.2, 0) is 7.05 Å². The van der Waals surface area contributed by atoms with Crippen LogP contribution < -0.4 is 10.2 Å². The third kappa shape index (κ3) is 2.96. The monoisotopic (exact) mass is 374 g/mol. The molecular weight excluding hydrogens is 352 g/mol. The molecule has 142 valence electrons. The van der Waals surface area contributed by atoms with Gasteiger partial charge in [0.25, 0.3) is 0 Å². The van der Waals surface area contributed by atoms with Crippen LogP contribution in [0.4, 0.5) is 17.3 Å². The largest absolute Gasteiger partial charge is 0.356 e. The van der Waals surface area contributed by atoms with E-state index in [4.69, 9.17) is 0 Å². The lowest BCUT2D eigenvalue weighted by Crippen LogP contribution is -2.20. The summed E-state index contributed by atoms with van der Waals surface area (Å²) in [4.78, 5) is 16.0. The number of anilines is 3. The molecule has 0 saturated carbocycles. The topological polar surface area (TPSA) is 76.2 Å². The first-order valence-corrected chi connectivity index (χ1v) is 9.46. The van der Waals surface area contributed by atoms with Crippen LogP contribution in [0.3, 0.4) is 0 Å². The minimum Gasteiger partial charge on any atom is -0.356 e. The van der Waals surface area contributed by atoms with Gasteiger partial charge in [0.2, 0.25) is 0 Å². The first kappa shape index (κ1) is 16.7. The molecule has 0 amide bonds. The van der Waals surface area contributed by atoms with Gasteiger partial charge in [-0.3, -0.25) is 9.08 Å². The zero-order valence-corrected chi connectivity index (χ0v) is 15.9. The van der Waals surface area contributed by atoms with Crippen molar-refractivity contribution in [1.82, 2.24) is 29.1 Å². The zero-order valence-electron chi connectivity index (χ0n) is 15.9. The van der Waals surface area contributed by atoms with E-state index < -0.39 is 0 Å². The summed E-state index contributed by atoms with van der Waals surface area (Å²) < 4.78 is 3.79. The molecule has 28 heavy (non-hydrogen) atoms. The van der Waals surface area contributed by atoms with Crippen LogP contribution in [0.5, 0.6) is 0 Å². The zero-order chi connectivity index (χ0) is 19.1. The summed E-state index contributed by atoms with van der Waals surface area (Å²) in [6.07, 6.45) is 12.4. The molecule has 1 N–H and O–H groups in total. The van der Waals surface area contributed by atoms with Gasteiger partial charge in [0.15, 0.2) is 11.5 Å². The van der Waals surface area contributed by atoms with E-state index in [9.17, 15) is 0 Å². The van der Waals surface area contributed by atoms with Crippen molar-refractivity contribution in [1.29, 1.82) is 0 Å². The van der Waals surface area contributed by atoms with E-state index in [0.29, 0.717) is 5.82 Å². The predicted octanol–water partition coefficient (Wildman–Crippen LogP) is 3.11. The number of aryl methyl sites for hydroxylation is 1. The normalized spacial score (nSPS) is 16.8. The van der Waals surface area contributed by atoms with E-state index >= 15 is 0 Å². The molecule has 5 rings (SSSR count). The standard InChI is InChI=1S/C20H22N8/c1-14-5-7-27(12-14)18-4-3-16(10-22-18)25-19-20-23-11-17(28(20)8-6-21-19)15-9-24-26(2)13-15/h3-4,6,8-11,13-14H,5,7,12H2,1-2H3,(H,21,25)/t14-/m0/s1. The van der Waals surface area contributed by atoms with E-state index in [-0.39, 0.29) is 0 Å². The molecule has 0 radical (unpaired) electrons. The van der Waals surface area contributed by atoms with Gasteiger partial charge in [0.1, 0.15) is 5.82 Å². The Morgan fingerprint density at radius 3 is 2.75 bits per heavy atom. The van der Waals surface area contributed by atoms with Crippen LogP contribution in [0, 0.1) is 5.92 Å². The fourth-order valence-electron chi connectivity index (χ4n) is 3.70. The summed E-state index contributed by atoms with van der Waals surface area (Å²) in [6.45, 7) is 4.44. The first-order valence-electron chi connectivity index (χ1n) is 9.46. The van der Waals surface area contributed by atoms with Gasteiger partial charge in [-0.1, -0.05) is 6.92 Å². The summed E-state index contributed by atoms with van der Waals surface area (Å²) in [5, 5.41) is 7.59. The maximum Gasteiger partial charge on any atom is 0.180 e. The summed E-state index contributed by atoms with van der Waals surface area (Å²) in [5.41, 5.74) is 3.64. The van der Waals surface area contributed by atoms with Crippen LogP contribution in [-0.4, -0.2) is 42.2 Å². The Morgan fingerprint density at radius 2 is 2.04 bits per heavy atom. The molecule has 0 aliphatic carbocycles. The number of rotatable bonds is 4. The summed E-state index contributed by atoms with van der Waals surface area (Å²) in [6, 6.07) is 4.11. The minimum absolute atomic E-state index is 0.696. The third-order valence-electron chi connectivity index (χ3n) is 5.19. The Morgan fingerprint density at radius 1 is 1.11 bits per heavy atom. The van der Waals surface area contributed by atoms with Gasteiger partial charge in [-0.25, -0.2) is 15.0 Å². The van der Waals surface area contributed by atoms with Crippen LogP contribution in [0.1, 0.15) is 13.3 Å². The van der Waals surface area contributed by atoms with Gasteiger partial charge in [0, 0.05) is 44.3 Å². The van der Waals surface area contributed by atoms with Crippen molar-refractivity contribution in [2.24, 2.45) is 13.0 Å². The van der Waals surface area contributed by atoms with E-state index in [1.54, 1.807) is 10.9 Å². The fraction of sp³-hybridized carbons (Fsp3) is 0.300. The molecule has 1 aliphatic rings. The van der Waals surface area contributed by atoms with Gasteiger partial charge in [-0.15, -0.1) is 0 Å². The Balaban J connectivity index is 1.42. The van der Waals surface area contributed by atoms with Crippen LogP contribution in [0.25, 0.3) is 16.9 Å². The highest BCUT2D eigenvalue weighted by Gasteiger charge is 2.19. The highest BCUT2D eigenvalue weighted by atomic mass is 15.2. The minimum atomic E-state index is 0.696. The van der Waals surface area contributed by atoms with Gasteiger partial charge >= 0.3 is 0 Å². The number of hydrogen-bond acceptors (Lipinski definition) is 6. The molecule has 1 aliphatic heterocycles. The van der Waals surface area contributed by atoms with Crippen molar-refractivity contribution >= 4 is 23.0 Å². The summed E-state index contributed by atoms with van der Waals surface area (Å²) in [7, 11) is 1.90. The lowest BCUT2D eigenvalue weighted by molar-refractivity contribution is 0.659. The average Bonchev–Trinajstić information content (AvgIpc) is 3.42. The molecule has 8 nitrogen and oxygen atoms in total. The van der Waals surface area contributed by atoms with Crippen molar-refractivity contribution < 1.29 is 0 Å². The Kier molecular flexibility index (Phi) is 3.96. The fourth-order valence-corrected chi connectivity index (χ4v) is 3.70. The second-order valence-electron chi connectivity index (χ2n) is 7.39. The maximum absolute atomic E-state index is 4.62. The molecule has 0 spiro atoms. The van der Waals surface area contributed by atoms with Crippen molar-refractivity contribution in [3.63, 3.8) is 0 Å². The molecule has 1 atom stereocenters. The molecule has 4 aromatic heterocycles. The SMILES string of the molecule is C[C@H]1CCN(c2ccc(Nc3nccn4c(-c5cnn(C)c5)cnc34)cn2)C1. The number of imidazole rings is 1. The van der Waals surface area contributed by atoms with Crippen LogP contribution in [0.2, 0.25) is 0 Å². The average molecular weight is 374 g/mol. The molecule has 1 saturated heterocycles. The van der Waals surface area contributed by atoms with Crippen molar-refractivity contribution in [2.75, 3.05) is 23.3 Å². The van der Waals surface area contributed by atoms with Gasteiger partial charge in [-0.2, -0.15) is 5.10 Å². The number of fused-ring (bicyclic) bond motifs is 1. The third-order valence-corrected chi connectivity index (χ3v) is 5.19. The molecule has 0 aromatic carbocycles. The number of nitrogens with one attached hydrogen (secondary N) is 1. The Bertz CT molecular complexity index is 1110. The van der Waals surface area contributed by atoms with Crippen molar-refractivity contribution in [2.45, 2.75) is 13.3 Å². The predicted molar refractivity (Wildman–Crippen MR) is 109 cm³/mol. The molecular formula is C20H22N8. The Labute approximate surface area is 162 Å². The lowest BCUT2D eigenvalue weighted by atomic mass is 10.2. The summed E-state index contributed by atoms with van der Waals surface area (Å²) in [5.74, 6) is 2.46. The number of aromatic nitrogens is 6. The molecule has 8 heteroatoms. The summed E-state index contributed by atoms with van der Waals surface area (Å²) >= 11 is 0. The van der Waals surface area contributed by atoms with E-state index in [2.05, 4.69) is 43.3 Å². The highest BCUT2D eigenvalue weighted by Crippen LogP contribution is 2.26. The molecule has 1 fully saturated rings. The smallest absolute Gasteiger partial charge is 0.180 e. The van der Waals surface area contributed by atoms with Crippen LogP contribution >= 0.6 is 0 Å². The number of nitrogens with zero attached hydrogens (tertiary/aromatic N) is 7. The van der Waals surface area contributed by atoms with E-state index in [1.165, 1.54) is 6.42 Å². The second kappa shape index (κ2) is 6.63. The highest BCUT2D eigenvalue weighted by molar-refractivity contribution is 5.73. The van der Waals surface area contributed by atoms with Crippen molar-refractivity contribution in [3.05, 3.63) is 49.3 Å². The van der Waals surface area contributed by atoms with Gasteiger partial charge in [-0.05, 0) is 24.5 Å². The maximum atomic E-state index is 4.62. The quantitative estimate of drug-likeness (QED) is 0.591. The first-order chi connectivity index (χ1) is 13.7. The van der Waals surface area contributed by atoms with Gasteiger partial charge in [0.05, 0.1) is 30.0 Å². The van der Waals surface area contributed by atoms with E-state index in [0.717, 1.165) is 47.4 Å². The molecule has 0 unspecified atom stereocenters. The lowest BCUT2D eigenvalue weighted by Gasteiger charge is -2.17. The van der Waals surface area contributed by atoms with E-state index in [1.807, 2.05) is 48.5 Å².